The number of halogens is 1. The van der Waals surface area contributed by atoms with Crippen molar-refractivity contribution < 1.29 is 15.0 Å². The highest BCUT2D eigenvalue weighted by molar-refractivity contribution is 5.85. The monoisotopic (exact) mass is 217 g/mol. The average Bonchev–Trinajstić information content (AvgIpc) is 2.08. The van der Waals surface area contributed by atoms with E-state index in [1.807, 2.05) is 0 Å². The lowest BCUT2D eigenvalue weighted by molar-refractivity contribution is -0.138. The van der Waals surface area contributed by atoms with Gasteiger partial charge in [-0.05, 0) is 11.6 Å². The third kappa shape index (κ3) is 3.24. The predicted octanol–water partition coefficient (Wildman–Crippen LogP) is 0.768. The van der Waals surface area contributed by atoms with Crippen molar-refractivity contribution in [2.24, 2.45) is 5.73 Å². The van der Waals surface area contributed by atoms with Crippen molar-refractivity contribution in [3.63, 3.8) is 0 Å². The molecule has 0 aliphatic rings. The fraction of sp³-hybridized carbons (Fsp3) is 0.222. The second-order valence-corrected chi connectivity index (χ2v) is 2.78. The lowest BCUT2D eigenvalue weighted by Crippen LogP contribution is -2.32. The summed E-state index contributed by atoms with van der Waals surface area (Å²) in [5.74, 6) is -0.984. The maximum atomic E-state index is 10.4. The van der Waals surface area contributed by atoms with E-state index in [1.165, 1.54) is 6.07 Å². The number of aromatic hydroxyl groups is 1. The maximum Gasteiger partial charge on any atom is 0.320 e. The number of carboxylic acid groups (broad SMARTS) is 1. The molecule has 0 unspecified atom stereocenters. The maximum absolute atomic E-state index is 10.4. The lowest BCUT2D eigenvalue weighted by atomic mass is 10.1. The number of carbonyl (C=O) groups is 1. The zero-order chi connectivity index (χ0) is 9.84. The highest BCUT2D eigenvalue weighted by atomic mass is 35.5. The summed E-state index contributed by atoms with van der Waals surface area (Å²) in [6.45, 7) is 0. The Morgan fingerprint density at radius 2 is 2.00 bits per heavy atom. The number of para-hydroxylation sites is 1. The standard InChI is InChI=1S/C9H11NO3.ClH/c10-7(9(12)13)5-6-3-1-2-4-8(6)11;/h1-4,7,11H,5,10H2,(H,12,13);1H/t7-;/m0./s1. The van der Waals surface area contributed by atoms with Crippen LogP contribution >= 0.6 is 12.4 Å². The molecule has 4 nitrogen and oxygen atoms in total. The van der Waals surface area contributed by atoms with E-state index in [2.05, 4.69) is 0 Å². The van der Waals surface area contributed by atoms with Crippen molar-refractivity contribution in [3.8, 4) is 5.75 Å². The molecule has 0 aliphatic heterocycles. The molecule has 1 aromatic carbocycles. The normalized spacial score (nSPS) is 11.5. The Balaban J connectivity index is 0.00000169. The Morgan fingerprint density at radius 1 is 1.43 bits per heavy atom. The van der Waals surface area contributed by atoms with Gasteiger partial charge in [0.1, 0.15) is 11.8 Å². The number of nitrogens with two attached hydrogens (primary N) is 1. The lowest BCUT2D eigenvalue weighted by Gasteiger charge is -2.07. The van der Waals surface area contributed by atoms with Crippen molar-refractivity contribution >= 4 is 18.4 Å². The predicted molar refractivity (Wildman–Crippen MR) is 54.7 cm³/mol. The molecule has 0 heterocycles. The molecular weight excluding hydrogens is 206 g/mol. The minimum absolute atomic E-state index is 0. The highest BCUT2D eigenvalue weighted by Crippen LogP contribution is 2.16. The van der Waals surface area contributed by atoms with Crippen molar-refractivity contribution in [1.82, 2.24) is 0 Å². The van der Waals surface area contributed by atoms with Crippen LogP contribution in [-0.2, 0) is 11.2 Å². The molecule has 0 fully saturated rings. The van der Waals surface area contributed by atoms with Crippen molar-refractivity contribution in [1.29, 1.82) is 0 Å². The third-order valence-electron chi connectivity index (χ3n) is 1.75. The van der Waals surface area contributed by atoms with E-state index < -0.39 is 12.0 Å². The Bertz CT molecular complexity index is 317. The Hall–Kier alpha value is -1.26. The molecule has 78 valence electrons. The van der Waals surface area contributed by atoms with E-state index in [0.717, 1.165) is 0 Å². The van der Waals surface area contributed by atoms with E-state index in [1.54, 1.807) is 18.2 Å². The summed E-state index contributed by atoms with van der Waals surface area (Å²) in [5.41, 5.74) is 5.86. The van der Waals surface area contributed by atoms with Crippen LogP contribution in [0.1, 0.15) is 5.56 Å². The molecule has 0 amide bonds. The van der Waals surface area contributed by atoms with Gasteiger partial charge in [-0.15, -0.1) is 12.4 Å². The zero-order valence-corrected chi connectivity index (χ0v) is 8.20. The van der Waals surface area contributed by atoms with Crippen molar-refractivity contribution in [3.05, 3.63) is 29.8 Å². The largest absolute Gasteiger partial charge is 0.508 e. The second kappa shape index (κ2) is 5.47. The molecule has 0 aromatic heterocycles. The molecule has 0 saturated heterocycles. The molecule has 14 heavy (non-hydrogen) atoms. The van der Waals surface area contributed by atoms with E-state index in [0.29, 0.717) is 5.56 Å². The molecule has 0 aliphatic carbocycles. The van der Waals surface area contributed by atoms with Crippen molar-refractivity contribution in [2.45, 2.75) is 12.5 Å². The molecule has 0 radical (unpaired) electrons. The van der Waals surface area contributed by atoms with Gasteiger partial charge in [0.05, 0.1) is 0 Å². The number of hydrogen-bond donors (Lipinski definition) is 3. The Labute approximate surface area is 87.8 Å². The minimum Gasteiger partial charge on any atom is -0.508 e. The minimum atomic E-state index is -1.07. The van der Waals surface area contributed by atoms with Crippen LogP contribution in [0.2, 0.25) is 0 Å². The van der Waals surface area contributed by atoms with Crippen LogP contribution in [0.4, 0.5) is 0 Å². The van der Waals surface area contributed by atoms with Crippen LogP contribution in [0.3, 0.4) is 0 Å². The van der Waals surface area contributed by atoms with Gasteiger partial charge in [0, 0.05) is 6.42 Å². The molecule has 0 spiro atoms. The van der Waals surface area contributed by atoms with E-state index in [9.17, 15) is 9.90 Å². The zero-order valence-electron chi connectivity index (χ0n) is 7.38. The smallest absolute Gasteiger partial charge is 0.320 e. The van der Waals surface area contributed by atoms with Gasteiger partial charge in [-0.1, -0.05) is 18.2 Å². The molecule has 5 heteroatoms. The Kier molecular flexibility index (Phi) is 4.97. The van der Waals surface area contributed by atoms with Gasteiger partial charge in [0.25, 0.3) is 0 Å². The summed E-state index contributed by atoms with van der Waals surface area (Å²) in [5, 5.41) is 17.8. The summed E-state index contributed by atoms with van der Waals surface area (Å²) in [6.07, 6.45) is 0.141. The van der Waals surface area contributed by atoms with E-state index in [4.69, 9.17) is 10.8 Å². The number of phenols is 1. The van der Waals surface area contributed by atoms with Crippen LogP contribution in [0.5, 0.6) is 5.75 Å². The Morgan fingerprint density at radius 3 is 2.50 bits per heavy atom. The van der Waals surface area contributed by atoms with Gasteiger partial charge in [-0.2, -0.15) is 0 Å². The molecule has 1 rings (SSSR count). The summed E-state index contributed by atoms with van der Waals surface area (Å²) >= 11 is 0. The number of aliphatic carboxylic acids is 1. The fourth-order valence-corrected chi connectivity index (χ4v) is 1.01. The number of benzene rings is 1. The van der Waals surface area contributed by atoms with Gasteiger partial charge < -0.3 is 15.9 Å². The molecule has 1 atom stereocenters. The van der Waals surface area contributed by atoms with Gasteiger partial charge >= 0.3 is 5.97 Å². The molecule has 0 bridgehead atoms. The molecule has 0 saturated carbocycles. The quantitative estimate of drug-likeness (QED) is 0.698. The van der Waals surface area contributed by atoms with Gasteiger partial charge in [-0.3, -0.25) is 4.79 Å². The SMILES string of the molecule is Cl.N[C@@H](Cc1ccccc1O)C(=O)O. The summed E-state index contributed by atoms with van der Waals surface area (Å²) < 4.78 is 0. The number of carboxylic acids is 1. The first-order valence-corrected chi connectivity index (χ1v) is 3.86. The topological polar surface area (TPSA) is 83.5 Å². The fourth-order valence-electron chi connectivity index (χ4n) is 1.01. The third-order valence-corrected chi connectivity index (χ3v) is 1.75. The van der Waals surface area contributed by atoms with Crippen LogP contribution in [-0.4, -0.2) is 22.2 Å². The van der Waals surface area contributed by atoms with Crippen LogP contribution in [0.25, 0.3) is 0 Å². The van der Waals surface area contributed by atoms with Crippen molar-refractivity contribution in [2.75, 3.05) is 0 Å². The molecule has 4 N–H and O–H groups in total. The second-order valence-electron chi connectivity index (χ2n) is 2.78. The first-order chi connectivity index (χ1) is 6.11. The van der Waals surface area contributed by atoms with E-state index >= 15 is 0 Å². The van der Waals surface area contributed by atoms with Gasteiger partial charge in [0.15, 0.2) is 0 Å². The van der Waals surface area contributed by atoms with Gasteiger partial charge in [0.2, 0.25) is 0 Å². The van der Waals surface area contributed by atoms with Gasteiger partial charge in [-0.25, -0.2) is 0 Å². The van der Waals surface area contributed by atoms with E-state index in [-0.39, 0.29) is 24.6 Å². The summed E-state index contributed by atoms with van der Waals surface area (Å²) in [6, 6.07) is 5.59. The summed E-state index contributed by atoms with van der Waals surface area (Å²) in [4.78, 5) is 10.4. The molecule has 1 aromatic rings. The average molecular weight is 218 g/mol. The van der Waals surface area contributed by atoms with Crippen LogP contribution in [0.15, 0.2) is 24.3 Å². The number of phenolic OH excluding ortho intramolecular Hbond substituents is 1. The first kappa shape index (κ1) is 12.7. The highest BCUT2D eigenvalue weighted by Gasteiger charge is 2.13. The van der Waals surface area contributed by atoms with Crippen LogP contribution in [0, 0.1) is 0 Å². The van der Waals surface area contributed by atoms with Crippen LogP contribution < -0.4 is 5.73 Å². The number of hydrogen-bond acceptors (Lipinski definition) is 3. The summed E-state index contributed by atoms with van der Waals surface area (Å²) in [7, 11) is 0. The number of rotatable bonds is 3. The molecular formula is C9H12ClNO3. The first-order valence-electron chi connectivity index (χ1n) is 3.86.